The van der Waals surface area contributed by atoms with E-state index in [-0.39, 0.29) is 11.7 Å². The van der Waals surface area contributed by atoms with E-state index in [4.69, 9.17) is 16.3 Å². The molecule has 0 radical (unpaired) electrons. The molecule has 21 heavy (non-hydrogen) atoms. The Morgan fingerprint density at radius 2 is 2.14 bits per heavy atom. The molecule has 1 fully saturated rings. The number of halogens is 1. The zero-order valence-electron chi connectivity index (χ0n) is 12.2. The highest BCUT2D eigenvalue weighted by molar-refractivity contribution is 6.32. The lowest BCUT2D eigenvalue weighted by Gasteiger charge is -2.37. The SMILES string of the molecule is CC(C)N[C@H]1C[C@@H](Oc2cc3cc[nH]c(=O)c3cc2Cl)C1. The zero-order valence-corrected chi connectivity index (χ0v) is 12.9. The fraction of sp³-hybridized carbons (Fsp3) is 0.438. The van der Waals surface area contributed by atoms with Crippen molar-refractivity contribution in [1.82, 2.24) is 10.3 Å². The van der Waals surface area contributed by atoms with Gasteiger partial charge in [-0.3, -0.25) is 4.79 Å². The molecule has 1 heterocycles. The lowest BCUT2D eigenvalue weighted by molar-refractivity contribution is 0.0817. The van der Waals surface area contributed by atoms with Crippen molar-refractivity contribution in [1.29, 1.82) is 0 Å². The third-order valence-electron chi connectivity index (χ3n) is 3.78. The Morgan fingerprint density at radius 3 is 2.86 bits per heavy atom. The predicted molar refractivity (Wildman–Crippen MR) is 85.3 cm³/mol. The molecule has 0 spiro atoms. The Hall–Kier alpha value is -1.52. The molecule has 1 aromatic heterocycles. The molecule has 1 aliphatic rings. The summed E-state index contributed by atoms with van der Waals surface area (Å²) in [5.74, 6) is 0.655. The first kappa shape index (κ1) is 14.4. The summed E-state index contributed by atoms with van der Waals surface area (Å²) >= 11 is 6.23. The van der Waals surface area contributed by atoms with Gasteiger partial charge >= 0.3 is 0 Å². The van der Waals surface area contributed by atoms with Gasteiger partial charge in [-0.25, -0.2) is 0 Å². The molecule has 0 saturated heterocycles. The van der Waals surface area contributed by atoms with Gasteiger partial charge in [-0.15, -0.1) is 0 Å². The number of hydrogen-bond donors (Lipinski definition) is 2. The minimum absolute atomic E-state index is 0.134. The number of benzene rings is 1. The van der Waals surface area contributed by atoms with Crippen molar-refractivity contribution >= 4 is 22.4 Å². The van der Waals surface area contributed by atoms with Gasteiger partial charge in [-0.05, 0) is 36.4 Å². The van der Waals surface area contributed by atoms with Crippen molar-refractivity contribution < 1.29 is 4.74 Å². The summed E-state index contributed by atoms with van der Waals surface area (Å²) in [6, 6.07) is 6.39. The molecule has 1 aliphatic carbocycles. The molecule has 0 unspecified atom stereocenters. The number of H-pyrrole nitrogens is 1. The molecule has 0 aliphatic heterocycles. The van der Waals surface area contributed by atoms with Gasteiger partial charge in [0.15, 0.2) is 0 Å². The largest absolute Gasteiger partial charge is 0.489 e. The van der Waals surface area contributed by atoms with Crippen LogP contribution in [-0.4, -0.2) is 23.2 Å². The summed E-state index contributed by atoms with van der Waals surface area (Å²) in [6.45, 7) is 4.29. The van der Waals surface area contributed by atoms with E-state index in [9.17, 15) is 4.79 Å². The monoisotopic (exact) mass is 306 g/mol. The summed E-state index contributed by atoms with van der Waals surface area (Å²) in [6.07, 6.45) is 3.80. The van der Waals surface area contributed by atoms with Crippen molar-refractivity contribution in [2.24, 2.45) is 0 Å². The molecule has 5 heteroatoms. The van der Waals surface area contributed by atoms with Crippen LogP contribution in [0.2, 0.25) is 5.02 Å². The van der Waals surface area contributed by atoms with E-state index < -0.39 is 0 Å². The summed E-state index contributed by atoms with van der Waals surface area (Å²) in [7, 11) is 0. The topological polar surface area (TPSA) is 54.1 Å². The Labute approximate surface area is 128 Å². The van der Waals surface area contributed by atoms with Gasteiger partial charge in [0.05, 0.1) is 5.02 Å². The number of rotatable bonds is 4. The molecule has 1 aromatic carbocycles. The predicted octanol–water partition coefficient (Wildman–Crippen LogP) is 3.09. The Kier molecular flexibility index (Phi) is 3.91. The maximum Gasteiger partial charge on any atom is 0.255 e. The third kappa shape index (κ3) is 3.06. The van der Waals surface area contributed by atoms with Crippen molar-refractivity contribution in [2.45, 2.75) is 44.9 Å². The number of aromatic amines is 1. The Morgan fingerprint density at radius 1 is 1.38 bits per heavy atom. The normalized spacial score (nSPS) is 21.5. The molecular formula is C16H19ClN2O2. The van der Waals surface area contributed by atoms with Gasteiger partial charge in [0.1, 0.15) is 11.9 Å². The second kappa shape index (κ2) is 5.70. The van der Waals surface area contributed by atoms with Gasteiger partial charge in [0, 0.05) is 23.7 Å². The van der Waals surface area contributed by atoms with Crippen LogP contribution in [0.15, 0.2) is 29.2 Å². The second-order valence-electron chi connectivity index (χ2n) is 5.91. The standard InChI is InChI=1S/C16H19ClN2O2/c1-9(2)19-11-6-12(7-11)21-15-5-10-3-4-18-16(20)13(10)8-14(15)17/h3-5,8-9,11-12,19H,6-7H2,1-2H3,(H,18,20)/t11-,12+. The Bertz CT molecular complexity index is 705. The van der Waals surface area contributed by atoms with Crippen LogP contribution in [0.3, 0.4) is 0 Å². The van der Waals surface area contributed by atoms with Crippen LogP contribution in [0.25, 0.3) is 10.8 Å². The third-order valence-corrected chi connectivity index (χ3v) is 4.08. The molecule has 0 atom stereocenters. The van der Waals surface area contributed by atoms with E-state index in [1.165, 1.54) is 0 Å². The number of pyridine rings is 1. The maximum absolute atomic E-state index is 11.7. The molecule has 4 nitrogen and oxygen atoms in total. The number of ether oxygens (including phenoxy) is 1. The lowest BCUT2D eigenvalue weighted by Crippen LogP contribution is -2.49. The summed E-state index contributed by atoms with van der Waals surface area (Å²) in [4.78, 5) is 14.4. The fourth-order valence-corrected chi connectivity index (χ4v) is 2.94. The van der Waals surface area contributed by atoms with Crippen LogP contribution in [0.5, 0.6) is 5.75 Å². The van der Waals surface area contributed by atoms with Crippen LogP contribution in [-0.2, 0) is 0 Å². The summed E-state index contributed by atoms with van der Waals surface area (Å²) < 4.78 is 5.96. The van der Waals surface area contributed by atoms with Crippen molar-refractivity contribution in [3.05, 3.63) is 39.8 Å². The van der Waals surface area contributed by atoms with E-state index in [1.807, 2.05) is 12.1 Å². The number of aromatic nitrogens is 1. The molecule has 0 bridgehead atoms. The number of nitrogens with one attached hydrogen (secondary N) is 2. The molecule has 1 saturated carbocycles. The molecule has 2 aromatic rings. The van der Waals surface area contributed by atoms with Crippen molar-refractivity contribution in [2.75, 3.05) is 0 Å². The number of fused-ring (bicyclic) bond motifs is 1. The van der Waals surface area contributed by atoms with Gasteiger partial charge in [0.25, 0.3) is 5.56 Å². The summed E-state index contributed by atoms with van der Waals surface area (Å²) in [5, 5.41) is 5.40. The molecule has 0 amide bonds. The quantitative estimate of drug-likeness (QED) is 0.912. The first-order chi connectivity index (χ1) is 10.0. The van der Waals surface area contributed by atoms with Crippen LogP contribution < -0.4 is 15.6 Å². The average Bonchev–Trinajstić information content (AvgIpc) is 2.37. The summed E-state index contributed by atoms with van der Waals surface area (Å²) in [5.41, 5.74) is -0.134. The van der Waals surface area contributed by atoms with E-state index >= 15 is 0 Å². The van der Waals surface area contributed by atoms with Crippen LogP contribution in [0, 0.1) is 0 Å². The van der Waals surface area contributed by atoms with Gasteiger partial charge in [-0.2, -0.15) is 0 Å². The zero-order chi connectivity index (χ0) is 15.0. The average molecular weight is 307 g/mol. The van der Waals surface area contributed by atoms with E-state index in [1.54, 1.807) is 12.3 Å². The van der Waals surface area contributed by atoms with Crippen molar-refractivity contribution in [3.8, 4) is 5.75 Å². The van der Waals surface area contributed by atoms with Crippen molar-refractivity contribution in [3.63, 3.8) is 0 Å². The second-order valence-corrected chi connectivity index (χ2v) is 6.31. The molecule has 3 rings (SSSR count). The van der Waals surface area contributed by atoms with Crippen LogP contribution >= 0.6 is 11.6 Å². The minimum Gasteiger partial charge on any atom is -0.489 e. The van der Waals surface area contributed by atoms with E-state index in [2.05, 4.69) is 24.1 Å². The highest BCUT2D eigenvalue weighted by atomic mass is 35.5. The van der Waals surface area contributed by atoms with Gasteiger partial charge < -0.3 is 15.0 Å². The smallest absolute Gasteiger partial charge is 0.255 e. The Balaban J connectivity index is 1.74. The highest BCUT2D eigenvalue weighted by Crippen LogP contribution is 2.33. The van der Waals surface area contributed by atoms with Gasteiger partial charge in [-0.1, -0.05) is 25.4 Å². The maximum atomic E-state index is 11.7. The van der Waals surface area contributed by atoms with E-state index in [0.29, 0.717) is 28.2 Å². The van der Waals surface area contributed by atoms with Gasteiger partial charge in [0.2, 0.25) is 0 Å². The highest BCUT2D eigenvalue weighted by Gasteiger charge is 2.31. The van der Waals surface area contributed by atoms with E-state index in [0.717, 1.165) is 18.2 Å². The molecule has 2 N–H and O–H groups in total. The molecule has 112 valence electrons. The first-order valence-corrected chi connectivity index (χ1v) is 7.64. The van der Waals surface area contributed by atoms with Crippen LogP contribution in [0.4, 0.5) is 0 Å². The van der Waals surface area contributed by atoms with Crippen LogP contribution in [0.1, 0.15) is 26.7 Å². The number of hydrogen-bond acceptors (Lipinski definition) is 3. The fourth-order valence-electron chi connectivity index (χ4n) is 2.73. The minimum atomic E-state index is -0.134. The molecular weight excluding hydrogens is 288 g/mol. The lowest BCUT2D eigenvalue weighted by atomic mass is 9.88. The first-order valence-electron chi connectivity index (χ1n) is 7.26.